The first-order chi connectivity index (χ1) is 7.22. The van der Waals surface area contributed by atoms with Crippen molar-refractivity contribution in [3.8, 4) is 11.5 Å². The van der Waals surface area contributed by atoms with E-state index in [1.54, 1.807) is 6.26 Å². The van der Waals surface area contributed by atoms with Crippen LogP contribution >= 0.6 is 0 Å². The molecule has 0 amide bonds. The number of nitrogens with two attached hydrogens (primary N) is 1. The highest BCUT2D eigenvalue weighted by Crippen LogP contribution is 2.24. The number of aromatic nitrogens is 2. The molecule has 2 rings (SSSR count). The van der Waals surface area contributed by atoms with Crippen molar-refractivity contribution >= 4 is 0 Å². The second-order valence-corrected chi connectivity index (χ2v) is 3.36. The number of hydrogen-bond donors (Lipinski definition) is 1. The molecule has 0 radical (unpaired) electrons. The van der Waals surface area contributed by atoms with E-state index >= 15 is 0 Å². The molecule has 1 unspecified atom stereocenters. The van der Waals surface area contributed by atoms with E-state index in [1.165, 1.54) is 0 Å². The molecule has 80 valence electrons. The first kappa shape index (κ1) is 9.92. The average Bonchev–Trinajstić information content (AvgIpc) is 2.85. The topological polar surface area (TPSA) is 78.1 Å². The predicted molar refractivity (Wildman–Crippen MR) is 54.0 cm³/mol. The van der Waals surface area contributed by atoms with E-state index in [0.717, 1.165) is 17.7 Å². The lowest BCUT2D eigenvalue weighted by Crippen LogP contribution is -2.06. The molecule has 0 saturated carbocycles. The lowest BCUT2D eigenvalue weighted by atomic mass is 10.2. The van der Waals surface area contributed by atoms with Crippen LogP contribution in [0.15, 0.2) is 21.3 Å². The monoisotopic (exact) mass is 207 g/mol. The van der Waals surface area contributed by atoms with E-state index in [9.17, 15) is 0 Å². The van der Waals surface area contributed by atoms with E-state index < -0.39 is 0 Å². The zero-order valence-corrected chi connectivity index (χ0v) is 8.73. The van der Waals surface area contributed by atoms with Gasteiger partial charge >= 0.3 is 0 Å². The van der Waals surface area contributed by atoms with Crippen molar-refractivity contribution in [1.29, 1.82) is 0 Å². The molecule has 2 aromatic rings. The summed E-state index contributed by atoms with van der Waals surface area (Å²) in [4.78, 5) is 4.20. The van der Waals surface area contributed by atoms with Gasteiger partial charge in [0.1, 0.15) is 5.76 Å². The standard InChI is InChI=1S/C10H13N3O2/c1-3-8-7(4-5-14-8)10-12-9(6(2)11)13-15-10/h4-6H,3,11H2,1-2H3. The third kappa shape index (κ3) is 1.78. The maximum absolute atomic E-state index is 5.64. The molecule has 0 aromatic carbocycles. The first-order valence-electron chi connectivity index (χ1n) is 4.88. The highest BCUT2D eigenvalue weighted by Gasteiger charge is 2.15. The Balaban J connectivity index is 2.37. The highest BCUT2D eigenvalue weighted by atomic mass is 16.5. The molecule has 0 bridgehead atoms. The summed E-state index contributed by atoms with van der Waals surface area (Å²) in [6.07, 6.45) is 2.40. The summed E-state index contributed by atoms with van der Waals surface area (Å²) in [5.74, 6) is 1.82. The number of aryl methyl sites for hydroxylation is 1. The minimum absolute atomic E-state index is 0.223. The van der Waals surface area contributed by atoms with Crippen LogP contribution in [0.1, 0.15) is 31.5 Å². The van der Waals surface area contributed by atoms with Crippen LogP contribution in [0.25, 0.3) is 11.5 Å². The lowest BCUT2D eigenvalue weighted by molar-refractivity contribution is 0.416. The Morgan fingerprint density at radius 3 is 2.93 bits per heavy atom. The van der Waals surface area contributed by atoms with Crippen LogP contribution in [0, 0.1) is 0 Å². The van der Waals surface area contributed by atoms with Gasteiger partial charge in [0.25, 0.3) is 5.89 Å². The molecule has 0 aliphatic rings. The van der Waals surface area contributed by atoms with E-state index in [2.05, 4.69) is 10.1 Å². The first-order valence-corrected chi connectivity index (χ1v) is 4.88. The van der Waals surface area contributed by atoms with Gasteiger partial charge < -0.3 is 14.7 Å². The van der Waals surface area contributed by atoms with Crippen LogP contribution in [0.3, 0.4) is 0 Å². The van der Waals surface area contributed by atoms with E-state index in [1.807, 2.05) is 19.9 Å². The van der Waals surface area contributed by atoms with Gasteiger partial charge in [0, 0.05) is 6.42 Å². The molecule has 0 saturated heterocycles. The van der Waals surface area contributed by atoms with Gasteiger partial charge in [-0.1, -0.05) is 12.1 Å². The summed E-state index contributed by atoms with van der Waals surface area (Å²) in [6.45, 7) is 3.82. The molecule has 0 fully saturated rings. The quantitative estimate of drug-likeness (QED) is 0.831. The minimum Gasteiger partial charge on any atom is -0.469 e. The summed E-state index contributed by atoms with van der Waals surface area (Å²) in [6, 6.07) is 1.59. The summed E-state index contributed by atoms with van der Waals surface area (Å²) in [5, 5.41) is 3.79. The Bertz CT molecular complexity index is 445. The van der Waals surface area contributed by atoms with Crippen molar-refractivity contribution in [3.05, 3.63) is 23.9 Å². The SMILES string of the molecule is CCc1occc1-c1nc(C(C)N)no1. The molecule has 2 N–H and O–H groups in total. The van der Waals surface area contributed by atoms with Gasteiger partial charge in [-0.05, 0) is 13.0 Å². The van der Waals surface area contributed by atoms with Crippen molar-refractivity contribution in [2.24, 2.45) is 5.73 Å². The fourth-order valence-corrected chi connectivity index (χ4v) is 1.33. The Morgan fingerprint density at radius 1 is 1.53 bits per heavy atom. The second kappa shape index (κ2) is 3.86. The zero-order chi connectivity index (χ0) is 10.8. The van der Waals surface area contributed by atoms with Crippen LogP contribution in [0.2, 0.25) is 0 Å². The zero-order valence-electron chi connectivity index (χ0n) is 8.73. The minimum atomic E-state index is -0.223. The van der Waals surface area contributed by atoms with Crippen molar-refractivity contribution < 1.29 is 8.94 Å². The average molecular weight is 207 g/mol. The van der Waals surface area contributed by atoms with Crippen LogP contribution in [-0.2, 0) is 6.42 Å². The lowest BCUT2D eigenvalue weighted by Gasteiger charge is -1.94. The third-order valence-electron chi connectivity index (χ3n) is 2.15. The summed E-state index contributed by atoms with van der Waals surface area (Å²) in [5.41, 5.74) is 6.49. The van der Waals surface area contributed by atoms with Crippen LogP contribution in [-0.4, -0.2) is 10.1 Å². The van der Waals surface area contributed by atoms with Gasteiger partial charge in [-0.2, -0.15) is 4.98 Å². The molecule has 0 spiro atoms. The van der Waals surface area contributed by atoms with Gasteiger partial charge in [-0.25, -0.2) is 0 Å². The van der Waals surface area contributed by atoms with Gasteiger partial charge in [0.05, 0.1) is 17.9 Å². The second-order valence-electron chi connectivity index (χ2n) is 3.36. The maximum Gasteiger partial charge on any atom is 0.261 e. The fourth-order valence-electron chi connectivity index (χ4n) is 1.33. The Kier molecular flexibility index (Phi) is 2.55. The Morgan fingerprint density at radius 2 is 2.33 bits per heavy atom. The van der Waals surface area contributed by atoms with Gasteiger partial charge in [-0.15, -0.1) is 0 Å². The molecule has 0 aliphatic heterocycles. The molecule has 1 atom stereocenters. The van der Waals surface area contributed by atoms with Crippen LogP contribution < -0.4 is 5.73 Å². The van der Waals surface area contributed by atoms with Crippen molar-refractivity contribution in [2.45, 2.75) is 26.3 Å². The normalized spacial score (nSPS) is 13.0. The number of nitrogens with zero attached hydrogens (tertiary/aromatic N) is 2. The van der Waals surface area contributed by atoms with Crippen LogP contribution in [0.5, 0.6) is 0 Å². The molecule has 5 nitrogen and oxygen atoms in total. The molecule has 2 aromatic heterocycles. The Hall–Kier alpha value is -1.62. The maximum atomic E-state index is 5.64. The Labute approximate surface area is 87.3 Å². The van der Waals surface area contributed by atoms with Crippen molar-refractivity contribution in [3.63, 3.8) is 0 Å². The molecule has 0 aliphatic carbocycles. The smallest absolute Gasteiger partial charge is 0.261 e. The van der Waals surface area contributed by atoms with E-state index in [-0.39, 0.29) is 6.04 Å². The highest BCUT2D eigenvalue weighted by molar-refractivity contribution is 5.55. The van der Waals surface area contributed by atoms with Gasteiger partial charge in [0.15, 0.2) is 5.82 Å². The van der Waals surface area contributed by atoms with Crippen molar-refractivity contribution in [2.75, 3.05) is 0 Å². The molecular formula is C10H13N3O2. The van der Waals surface area contributed by atoms with Crippen molar-refractivity contribution in [1.82, 2.24) is 10.1 Å². The summed E-state index contributed by atoms with van der Waals surface area (Å²) in [7, 11) is 0. The largest absolute Gasteiger partial charge is 0.469 e. The number of hydrogen-bond acceptors (Lipinski definition) is 5. The molecule has 2 heterocycles. The number of rotatable bonds is 3. The van der Waals surface area contributed by atoms with E-state index in [0.29, 0.717) is 11.7 Å². The van der Waals surface area contributed by atoms with Gasteiger partial charge in [0.2, 0.25) is 0 Å². The van der Waals surface area contributed by atoms with Crippen LogP contribution in [0.4, 0.5) is 0 Å². The number of furan rings is 1. The van der Waals surface area contributed by atoms with Gasteiger partial charge in [-0.3, -0.25) is 0 Å². The molecule has 15 heavy (non-hydrogen) atoms. The predicted octanol–water partition coefficient (Wildman–Crippen LogP) is 1.91. The summed E-state index contributed by atoms with van der Waals surface area (Å²) < 4.78 is 10.4. The fraction of sp³-hybridized carbons (Fsp3) is 0.400. The third-order valence-corrected chi connectivity index (χ3v) is 2.15. The van der Waals surface area contributed by atoms with E-state index in [4.69, 9.17) is 14.7 Å². The molecule has 5 heteroatoms. The summed E-state index contributed by atoms with van der Waals surface area (Å²) >= 11 is 0. The molecular weight excluding hydrogens is 194 g/mol.